The second-order valence-electron chi connectivity index (χ2n) is 3.96. The molecule has 1 aliphatic heterocycles. The van der Waals surface area contributed by atoms with Gasteiger partial charge in [0.1, 0.15) is 11.8 Å². The molecule has 1 aromatic carbocycles. The lowest BCUT2D eigenvalue weighted by atomic mass is 10.1. The zero-order chi connectivity index (χ0) is 11.2. The van der Waals surface area contributed by atoms with E-state index in [1.807, 2.05) is 24.3 Å². The van der Waals surface area contributed by atoms with E-state index in [9.17, 15) is 0 Å². The number of nitrogens with zero attached hydrogens (tertiary/aromatic N) is 2. The van der Waals surface area contributed by atoms with Crippen molar-refractivity contribution in [2.45, 2.75) is 19.3 Å². The molecule has 1 aromatic rings. The van der Waals surface area contributed by atoms with Crippen molar-refractivity contribution in [3.8, 4) is 11.8 Å². The zero-order valence-corrected chi connectivity index (χ0v) is 9.35. The van der Waals surface area contributed by atoms with Crippen LogP contribution < -0.4 is 9.64 Å². The van der Waals surface area contributed by atoms with E-state index in [1.165, 1.54) is 19.3 Å². The molecule has 0 amide bonds. The highest BCUT2D eigenvalue weighted by atomic mass is 16.5. The third kappa shape index (κ3) is 2.46. The second-order valence-corrected chi connectivity index (χ2v) is 3.96. The summed E-state index contributed by atoms with van der Waals surface area (Å²) in [7, 11) is 0. The molecule has 0 unspecified atom stereocenters. The van der Waals surface area contributed by atoms with Crippen LogP contribution in [0.5, 0.6) is 5.75 Å². The van der Waals surface area contributed by atoms with Crippen LogP contribution in [-0.4, -0.2) is 19.7 Å². The summed E-state index contributed by atoms with van der Waals surface area (Å²) in [6, 6.07) is 9.97. The van der Waals surface area contributed by atoms with E-state index >= 15 is 0 Å². The molecule has 3 heteroatoms. The standard InChI is InChI=1S/C13H16N2O/c14-8-11-16-13-7-3-2-6-12(13)15-9-4-1-5-10-15/h2-3,6-7H,1,4-5,9-11H2. The summed E-state index contributed by atoms with van der Waals surface area (Å²) in [5, 5.41) is 8.54. The van der Waals surface area contributed by atoms with Crippen molar-refractivity contribution in [3.63, 3.8) is 0 Å². The van der Waals surface area contributed by atoms with Crippen molar-refractivity contribution < 1.29 is 4.74 Å². The van der Waals surface area contributed by atoms with Crippen molar-refractivity contribution in [2.75, 3.05) is 24.6 Å². The lowest BCUT2D eigenvalue weighted by molar-refractivity contribution is 0.367. The molecule has 0 atom stereocenters. The lowest BCUT2D eigenvalue weighted by Crippen LogP contribution is -2.29. The third-order valence-corrected chi connectivity index (χ3v) is 2.85. The van der Waals surface area contributed by atoms with E-state index in [4.69, 9.17) is 10.00 Å². The normalized spacial score (nSPS) is 15.6. The summed E-state index contributed by atoms with van der Waals surface area (Å²) in [4.78, 5) is 2.34. The van der Waals surface area contributed by atoms with Crippen LogP contribution in [0.15, 0.2) is 24.3 Å². The van der Waals surface area contributed by atoms with Gasteiger partial charge in [0.2, 0.25) is 0 Å². The molecular formula is C13H16N2O. The minimum Gasteiger partial charge on any atom is -0.477 e. The van der Waals surface area contributed by atoms with E-state index in [0.29, 0.717) is 0 Å². The Morgan fingerprint density at radius 1 is 1.19 bits per heavy atom. The number of benzene rings is 1. The second kappa shape index (κ2) is 5.41. The molecule has 0 radical (unpaired) electrons. The molecule has 0 spiro atoms. The zero-order valence-electron chi connectivity index (χ0n) is 9.35. The van der Waals surface area contributed by atoms with Crippen LogP contribution in [0.2, 0.25) is 0 Å². The highest BCUT2D eigenvalue weighted by Gasteiger charge is 2.14. The number of para-hydroxylation sites is 2. The quantitative estimate of drug-likeness (QED) is 0.779. The average molecular weight is 216 g/mol. The van der Waals surface area contributed by atoms with Crippen molar-refractivity contribution >= 4 is 5.69 Å². The van der Waals surface area contributed by atoms with Gasteiger partial charge in [-0.05, 0) is 31.4 Å². The van der Waals surface area contributed by atoms with Crippen molar-refractivity contribution in [1.29, 1.82) is 5.26 Å². The maximum atomic E-state index is 8.54. The SMILES string of the molecule is N#CCOc1ccccc1N1CCCCC1. The summed E-state index contributed by atoms with van der Waals surface area (Å²) in [5.41, 5.74) is 1.12. The minimum atomic E-state index is 0.116. The summed E-state index contributed by atoms with van der Waals surface area (Å²) < 4.78 is 5.44. The summed E-state index contributed by atoms with van der Waals surface area (Å²) in [5.74, 6) is 0.825. The fraction of sp³-hybridized carbons (Fsp3) is 0.462. The van der Waals surface area contributed by atoms with Crippen LogP contribution in [0.25, 0.3) is 0 Å². The van der Waals surface area contributed by atoms with E-state index in [1.54, 1.807) is 0 Å². The summed E-state index contributed by atoms with van der Waals surface area (Å²) in [6.45, 7) is 2.30. The number of hydrogen-bond donors (Lipinski definition) is 0. The van der Waals surface area contributed by atoms with Gasteiger partial charge in [0.15, 0.2) is 6.61 Å². The molecule has 0 aromatic heterocycles. The number of anilines is 1. The summed E-state index contributed by atoms with van der Waals surface area (Å²) in [6.07, 6.45) is 3.80. The monoisotopic (exact) mass is 216 g/mol. The van der Waals surface area contributed by atoms with Gasteiger partial charge in [-0.2, -0.15) is 5.26 Å². The highest BCUT2D eigenvalue weighted by molar-refractivity contribution is 5.58. The first kappa shape index (κ1) is 10.8. The van der Waals surface area contributed by atoms with Crippen LogP contribution in [0.1, 0.15) is 19.3 Å². The Balaban J connectivity index is 2.14. The number of hydrogen-bond acceptors (Lipinski definition) is 3. The van der Waals surface area contributed by atoms with E-state index in [2.05, 4.69) is 11.0 Å². The fourth-order valence-corrected chi connectivity index (χ4v) is 2.09. The predicted octanol–water partition coefficient (Wildman–Crippen LogP) is 2.58. The Kier molecular flexibility index (Phi) is 3.66. The number of piperidine rings is 1. The molecule has 0 bridgehead atoms. The van der Waals surface area contributed by atoms with Crippen molar-refractivity contribution in [1.82, 2.24) is 0 Å². The molecular weight excluding hydrogens is 200 g/mol. The molecule has 0 N–H and O–H groups in total. The maximum Gasteiger partial charge on any atom is 0.174 e. The first-order valence-corrected chi connectivity index (χ1v) is 5.75. The van der Waals surface area contributed by atoms with E-state index < -0.39 is 0 Å². The van der Waals surface area contributed by atoms with Crippen molar-refractivity contribution in [2.24, 2.45) is 0 Å². The topological polar surface area (TPSA) is 36.3 Å². The number of nitriles is 1. The smallest absolute Gasteiger partial charge is 0.174 e. The van der Waals surface area contributed by atoms with Crippen LogP contribution >= 0.6 is 0 Å². The number of ether oxygens (including phenoxy) is 1. The van der Waals surface area contributed by atoms with Crippen LogP contribution in [0.4, 0.5) is 5.69 Å². The first-order chi connectivity index (χ1) is 7.92. The van der Waals surface area contributed by atoms with Gasteiger partial charge in [-0.15, -0.1) is 0 Å². The van der Waals surface area contributed by atoms with Gasteiger partial charge in [-0.1, -0.05) is 12.1 Å². The van der Waals surface area contributed by atoms with Gasteiger partial charge in [-0.3, -0.25) is 0 Å². The van der Waals surface area contributed by atoms with Gasteiger partial charge in [0.25, 0.3) is 0 Å². The minimum absolute atomic E-state index is 0.116. The first-order valence-electron chi connectivity index (χ1n) is 5.75. The molecule has 3 nitrogen and oxygen atoms in total. The van der Waals surface area contributed by atoms with E-state index in [-0.39, 0.29) is 6.61 Å². The molecule has 1 heterocycles. The predicted molar refractivity (Wildman–Crippen MR) is 63.6 cm³/mol. The Labute approximate surface area is 96.2 Å². The van der Waals surface area contributed by atoms with E-state index in [0.717, 1.165) is 24.5 Å². The molecule has 84 valence electrons. The Hall–Kier alpha value is -1.69. The van der Waals surface area contributed by atoms with Gasteiger partial charge in [0, 0.05) is 13.1 Å². The van der Waals surface area contributed by atoms with Gasteiger partial charge in [0.05, 0.1) is 5.69 Å². The van der Waals surface area contributed by atoms with Crippen molar-refractivity contribution in [3.05, 3.63) is 24.3 Å². The molecule has 0 aliphatic carbocycles. The molecule has 16 heavy (non-hydrogen) atoms. The summed E-state index contributed by atoms with van der Waals surface area (Å²) >= 11 is 0. The third-order valence-electron chi connectivity index (χ3n) is 2.85. The van der Waals surface area contributed by atoms with Crippen LogP contribution in [0.3, 0.4) is 0 Å². The lowest BCUT2D eigenvalue weighted by Gasteiger charge is -2.30. The molecule has 1 saturated heterocycles. The fourth-order valence-electron chi connectivity index (χ4n) is 2.09. The molecule has 2 rings (SSSR count). The van der Waals surface area contributed by atoms with Gasteiger partial charge in [-0.25, -0.2) is 0 Å². The van der Waals surface area contributed by atoms with Crippen LogP contribution in [-0.2, 0) is 0 Å². The Morgan fingerprint density at radius 3 is 2.69 bits per heavy atom. The van der Waals surface area contributed by atoms with Crippen LogP contribution in [0, 0.1) is 11.3 Å². The largest absolute Gasteiger partial charge is 0.477 e. The number of rotatable bonds is 3. The maximum absolute atomic E-state index is 8.54. The molecule has 1 fully saturated rings. The Bertz CT molecular complexity index is 378. The Morgan fingerprint density at radius 2 is 1.94 bits per heavy atom. The molecule has 1 aliphatic rings. The average Bonchev–Trinajstić information content (AvgIpc) is 2.38. The van der Waals surface area contributed by atoms with Gasteiger partial charge < -0.3 is 9.64 Å². The molecule has 0 saturated carbocycles. The highest BCUT2D eigenvalue weighted by Crippen LogP contribution is 2.29. The van der Waals surface area contributed by atoms with Gasteiger partial charge >= 0.3 is 0 Å².